The lowest BCUT2D eigenvalue weighted by atomic mass is 10.2. The molecule has 0 aliphatic carbocycles. The number of carbonyl (C=O) groups excluding carboxylic acids is 3. The highest BCUT2D eigenvalue weighted by Gasteiger charge is 2.07. The first-order valence-electron chi connectivity index (χ1n) is 5.63. The van der Waals surface area contributed by atoms with Crippen molar-refractivity contribution in [2.75, 3.05) is 13.7 Å². The topological polar surface area (TPSA) is 84.5 Å². The van der Waals surface area contributed by atoms with Crippen molar-refractivity contribution in [3.63, 3.8) is 0 Å². The smallest absolute Gasteiger partial charge is 0.331 e. The summed E-state index contributed by atoms with van der Waals surface area (Å²) in [5.41, 5.74) is 0.726. The Labute approximate surface area is 120 Å². The number of esters is 1. The number of nitrogens with one attached hydrogen (secondary N) is 2. The van der Waals surface area contributed by atoms with Crippen LogP contribution in [0.25, 0.3) is 6.08 Å². The maximum absolute atomic E-state index is 11.3. The Hall–Kier alpha value is -2.34. The molecule has 0 unspecified atom stereocenters. The minimum Gasteiger partial charge on any atom is -0.452 e. The zero-order valence-corrected chi connectivity index (χ0v) is 11.4. The van der Waals surface area contributed by atoms with Crippen molar-refractivity contribution in [2.45, 2.75) is 0 Å². The van der Waals surface area contributed by atoms with Crippen molar-refractivity contribution >= 4 is 35.6 Å². The molecular formula is C13H13ClN2O4. The number of imide groups is 1. The van der Waals surface area contributed by atoms with E-state index in [9.17, 15) is 14.4 Å². The van der Waals surface area contributed by atoms with E-state index in [0.717, 1.165) is 5.56 Å². The SMILES string of the molecule is CNC(=O)NC(=O)COC(=O)/C=C/c1cccc(Cl)c1. The Morgan fingerprint density at radius 3 is 2.75 bits per heavy atom. The molecular weight excluding hydrogens is 284 g/mol. The van der Waals surface area contributed by atoms with Gasteiger partial charge in [0.1, 0.15) is 0 Å². The van der Waals surface area contributed by atoms with Gasteiger partial charge in [-0.15, -0.1) is 0 Å². The summed E-state index contributed by atoms with van der Waals surface area (Å²) in [6.45, 7) is -0.536. The lowest BCUT2D eigenvalue weighted by Crippen LogP contribution is -2.39. The van der Waals surface area contributed by atoms with Crippen LogP contribution in [0.4, 0.5) is 4.79 Å². The van der Waals surface area contributed by atoms with E-state index in [-0.39, 0.29) is 0 Å². The molecule has 7 heteroatoms. The molecule has 0 saturated carbocycles. The Bertz CT molecular complexity index is 543. The second kappa shape index (κ2) is 7.96. The lowest BCUT2D eigenvalue weighted by Gasteiger charge is -2.03. The third-order valence-corrected chi connectivity index (χ3v) is 2.32. The number of hydrogen-bond donors (Lipinski definition) is 2. The summed E-state index contributed by atoms with van der Waals surface area (Å²) in [5, 5.41) is 4.70. The van der Waals surface area contributed by atoms with E-state index < -0.39 is 24.5 Å². The molecule has 0 atom stereocenters. The van der Waals surface area contributed by atoms with Crippen LogP contribution in [-0.4, -0.2) is 31.6 Å². The maximum Gasteiger partial charge on any atom is 0.331 e. The van der Waals surface area contributed by atoms with Crippen LogP contribution in [0, 0.1) is 0 Å². The molecule has 20 heavy (non-hydrogen) atoms. The van der Waals surface area contributed by atoms with Gasteiger partial charge in [0.05, 0.1) is 0 Å². The van der Waals surface area contributed by atoms with Crippen molar-refractivity contribution in [1.29, 1.82) is 0 Å². The molecule has 0 aliphatic rings. The largest absolute Gasteiger partial charge is 0.452 e. The van der Waals surface area contributed by atoms with Crippen molar-refractivity contribution < 1.29 is 19.1 Å². The molecule has 0 bridgehead atoms. The number of halogens is 1. The molecule has 0 aliphatic heterocycles. The monoisotopic (exact) mass is 296 g/mol. The molecule has 0 spiro atoms. The van der Waals surface area contributed by atoms with Gasteiger partial charge in [-0.25, -0.2) is 9.59 Å². The van der Waals surface area contributed by atoms with Gasteiger partial charge in [-0.1, -0.05) is 23.7 Å². The molecule has 0 saturated heterocycles. The lowest BCUT2D eigenvalue weighted by molar-refractivity contribution is -0.143. The van der Waals surface area contributed by atoms with E-state index in [1.165, 1.54) is 19.2 Å². The van der Waals surface area contributed by atoms with Gasteiger partial charge < -0.3 is 10.1 Å². The highest BCUT2D eigenvalue weighted by atomic mass is 35.5. The second-order valence-corrected chi connectivity index (χ2v) is 4.06. The summed E-state index contributed by atoms with van der Waals surface area (Å²) in [6, 6.07) is 6.21. The highest BCUT2D eigenvalue weighted by Crippen LogP contribution is 2.11. The predicted octanol–water partition coefficient (Wildman–Crippen LogP) is 1.35. The molecule has 0 fully saturated rings. The number of carbonyl (C=O) groups is 3. The molecule has 0 aromatic heterocycles. The van der Waals surface area contributed by atoms with E-state index in [4.69, 9.17) is 11.6 Å². The second-order valence-electron chi connectivity index (χ2n) is 3.62. The van der Waals surface area contributed by atoms with E-state index in [1.807, 2.05) is 5.32 Å². The van der Waals surface area contributed by atoms with E-state index in [2.05, 4.69) is 10.1 Å². The first-order chi connectivity index (χ1) is 9.51. The molecule has 1 rings (SSSR count). The molecule has 2 N–H and O–H groups in total. The fourth-order valence-electron chi connectivity index (χ4n) is 1.18. The standard InChI is InChI=1S/C13H13ClN2O4/c1-15-13(19)16-11(17)8-20-12(18)6-5-9-3-2-4-10(14)7-9/h2-7H,8H2,1H3,(H2,15,16,17,19)/b6-5+. The zero-order valence-electron chi connectivity index (χ0n) is 10.7. The number of benzene rings is 1. The Morgan fingerprint density at radius 1 is 1.35 bits per heavy atom. The minimum absolute atomic E-state index is 0.536. The van der Waals surface area contributed by atoms with Gasteiger partial charge >= 0.3 is 12.0 Å². The average molecular weight is 297 g/mol. The van der Waals surface area contributed by atoms with Gasteiger partial charge in [0, 0.05) is 18.1 Å². The minimum atomic E-state index is -0.714. The third kappa shape index (κ3) is 6.01. The number of ether oxygens (including phenoxy) is 1. The van der Waals surface area contributed by atoms with Crippen LogP contribution in [0.2, 0.25) is 5.02 Å². The van der Waals surface area contributed by atoms with Gasteiger partial charge in [-0.2, -0.15) is 0 Å². The zero-order chi connectivity index (χ0) is 15.0. The summed E-state index contributed by atoms with van der Waals surface area (Å²) in [7, 11) is 1.36. The van der Waals surface area contributed by atoms with Gasteiger partial charge in [0.15, 0.2) is 6.61 Å². The normalized spacial score (nSPS) is 10.1. The van der Waals surface area contributed by atoms with E-state index in [0.29, 0.717) is 5.02 Å². The first kappa shape index (κ1) is 15.7. The van der Waals surface area contributed by atoms with E-state index in [1.54, 1.807) is 24.3 Å². The molecule has 106 valence electrons. The van der Waals surface area contributed by atoms with Crippen LogP contribution in [0.3, 0.4) is 0 Å². The van der Waals surface area contributed by atoms with Crippen LogP contribution in [0.15, 0.2) is 30.3 Å². The van der Waals surface area contributed by atoms with E-state index >= 15 is 0 Å². The summed E-state index contributed by atoms with van der Waals surface area (Å²) in [4.78, 5) is 33.3. The van der Waals surface area contributed by atoms with Crippen molar-refractivity contribution in [1.82, 2.24) is 10.6 Å². The Morgan fingerprint density at radius 2 is 2.10 bits per heavy atom. The van der Waals surface area contributed by atoms with Gasteiger partial charge in [-0.05, 0) is 23.8 Å². The fourth-order valence-corrected chi connectivity index (χ4v) is 1.38. The molecule has 0 radical (unpaired) electrons. The number of rotatable bonds is 4. The van der Waals surface area contributed by atoms with Crippen molar-refractivity contribution in [3.05, 3.63) is 40.9 Å². The summed E-state index contributed by atoms with van der Waals surface area (Å²) in [5.74, 6) is -1.41. The molecule has 6 nitrogen and oxygen atoms in total. The molecule has 1 aromatic carbocycles. The van der Waals surface area contributed by atoms with Crippen LogP contribution in [0.1, 0.15) is 5.56 Å². The fraction of sp³-hybridized carbons (Fsp3) is 0.154. The third-order valence-electron chi connectivity index (χ3n) is 2.09. The summed E-state index contributed by atoms with van der Waals surface area (Å²) >= 11 is 5.78. The first-order valence-corrected chi connectivity index (χ1v) is 6.01. The maximum atomic E-state index is 11.3. The molecule has 3 amide bonds. The Kier molecular flexibility index (Phi) is 6.25. The Balaban J connectivity index is 2.40. The van der Waals surface area contributed by atoms with Crippen molar-refractivity contribution in [3.8, 4) is 0 Å². The van der Waals surface area contributed by atoms with Gasteiger partial charge in [-0.3, -0.25) is 10.1 Å². The predicted molar refractivity (Wildman–Crippen MR) is 74.0 cm³/mol. The van der Waals surface area contributed by atoms with Crippen LogP contribution in [-0.2, 0) is 14.3 Å². The van der Waals surface area contributed by atoms with Crippen LogP contribution in [0.5, 0.6) is 0 Å². The molecule has 0 heterocycles. The number of urea groups is 1. The van der Waals surface area contributed by atoms with Gasteiger partial charge in [0.2, 0.25) is 0 Å². The summed E-state index contributed by atoms with van der Waals surface area (Å²) in [6.07, 6.45) is 2.67. The highest BCUT2D eigenvalue weighted by molar-refractivity contribution is 6.30. The number of amides is 3. The molecule has 1 aromatic rings. The summed E-state index contributed by atoms with van der Waals surface area (Å²) < 4.78 is 4.65. The average Bonchev–Trinajstić information content (AvgIpc) is 2.42. The van der Waals surface area contributed by atoms with Crippen LogP contribution < -0.4 is 10.6 Å². The number of hydrogen-bond acceptors (Lipinski definition) is 4. The van der Waals surface area contributed by atoms with Gasteiger partial charge in [0.25, 0.3) is 5.91 Å². The van der Waals surface area contributed by atoms with Crippen molar-refractivity contribution in [2.24, 2.45) is 0 Å². The quantitative estimate of drug-likeness (QED) is 0.649. The van der Waals surface area contributed by atoms with Crippen LogP contribution >= 0.6 is 11.6 Å².